The van der Waals surface area contributed by atoms with Gasteiger partial charge in [-0.15, -0.1) is 0 Å². The largest absolute Gasteiger partial charge is 0.465 e. The molecule has 10 nitrogen and oxygen atoms in total. The van der Waals surface area contributed by atoms with Crippen LogP contribution >= 0.6 is 0 Å². The quantitative estimate of drug-likeness (QED) is 0.168. The molecule has 0 aliphatic carbocycles. The summed E-state index contributed by atoms with van der Waals surface area (Å²) in [6.45, 7) is 10.6. The first-order valence-corrected chi connectivity index (χ1v) is 14.8. The van der Waals surface area contributed by atoms with Crippen LogP contribution in [0.1, 0.15) is 71.2 Å². The molecule has 3 atom stereocenters. The van der Waals surface area contributed by atoms with Gasteiger partial charge in [-0.3, -0.25) is 4.79 Å². The highest BCUT2D eigenvalue weighted by molar-refractivity contribution is 5.86. The molecule has 1 aliphatic rings. The average Bonchev–Trinajstić information content (AvgIpc) is 3.75. The van der Waals surface area contributed by atoms with E-state index in [0.29, 0.717) is 12.4 Å². The molecule has 43 heavy (non-hydrogen) atoms. The summed E-state index contributed by atoms with van der Waals surface area (Å²) in [5.74, 6) is 1.12. The molecule has 0 spiro atoms. The summed E-state index contributed by atoms with van der Waals surface area (Å²) in [4.78, 5) is 42.2. The third kappa shape index (κ3) is 6.49. The second-order valence-corrected chi connectivity index (χ2v) is 12.7. The highest BCUT2D eigenvalue weighted by Gasteiger charge is 2.37. The Bertz CT molecular complexity index is 1560. The normalized spacial score (nSPS) is 16.8. The third-order valence-corrected chi connectivity index (χ3v) is 8.21. The van der Waals surface area contributed by atoms with E-state index in [1.54, 1.807) is 11.1 Å². The van der Waals surface area contributed by atoms with Gasteiger partial charge in [0.15, 0.2) is 0 Å². The summed E-state index contributed by atoms with van der Waals surface area (Å²) < 4.78 is 0. The number of benzene rings is 2. The molecule has 3 heterocycles. The molecule has 2 aromatic carbocycles. The number of carboxylic acid groups (broad SMARTS) is 1. The van der Waals surface area contributed by atoms with Crippen molar-refractivity contribution in [2.45, 2.75) is 65.6 Å². The van der Waals surface area contributed by atoms with Gasteiger partial charge in [0.2, 0.25) is 5.91 Å². The number of amides is 2. The molecule has 10 heteroatoms. The minimum Gasteiger partial charge on any atom is -0.465 e. The second kappa shape index (κ2) is 12.0. The summed E-state index contributed by atoms with van der Waals surface area (Å²) >= 11 is 0. The summed E-state index contributed by atoms with van der Waals surface area (Å²) in [5.41, 5.74) is 12.3. The Kier molecular flexibility index (Phi) is 8.41. The number of hydrogen-bond donors (Lipinski definition) is 5. The van der Waals surface area contributed by atoms with Gasteiger partial charge in [0.05, 0.1) is 35.9 Å². The Labute approximate surface area is 252 Å². The number of carbonyl (C=O) groups excluding carboxylic acids is 1. The fourth-order valence-electron chi connectivity index (χ4n) is 5.53. The minimum atomic E-state index is -1.20. The van der Waals surface area contributed by atoms with Gasteiger partial charge in [0.1, 0.15) is 17.7 Å². The number of nitrogens with one attached hydrogen (secondary N) is 3. The standard InChI is InChI=1S/C33H41N7O3/c1-19(2)27(39-32(42)43)31(41)40-16-6-7-26(40)29-35-17-24(37-29)22-12-8-20(9-13-22)21-10-14-23(15-11-21)25-18-36-30(38-25)28(34)33(3,4)5/h8-15,17-19,26-28,39H,6-7,16,34H2,1-5H3,(H,35,37)(H,36,38)(H,42,43)/t26?,27?,28-/m1/s1. The molecule has 2 amide bonds. The second-order valence-electron chi connectivity index (χ2n) is 12.7. The monoisotopic (exact) mass is 583 g/mol. The van der Waals surface area contributed by atoms with Gasteiger partial charge in [0, 0.05) is 6.54 Å². The molecule has 0 bridgehead atoms. The van der Waals surface area contributed by atoms with Gasteiger partial charge < -0.3 is 31.0 Å². The van der Waals surface area contributed by atoms with Crippen LogP contribution < -0.4 is 11.1 Å². The van der Waals surface area contributed by atoms with Crippen LogP contribution in [0.4, 0.5) is 4.79 Å². The summed E-state index contributed by atoms with van der Waals surface area (Å²) in [6.07, 6.45) is 4.04. The molecule has 1 fully saturated rings. The molecule has 4 aromatic rings. The Hall–Kier alpha value is -4.44. The number of hydrogen-bond acceptors (Lipinski definition) is 5. The molecule has 0 saturated carbocycles. The summed E-state index contributed by atoms with van der Waals surface area (Å²) in [5, 5.41) is 11.6. The van der Waals surface area contributed by atoms with E-state index < -0.39 is 12.1 Å². The lowest BCUT2D eigenvalue weighted by Crippen LogP contribution is -2.50. The molecular formula is C33H41N7O3. The van der Waals surface area contributed by atoms with Crippen LogP contribution in [0.15, 0.2) is 60.9 Å². The Balaban J connectivity index is 1.28. The zero-order valence-corrected chi connectivity index (χ0v) is 25.4. The number of carbonyl (C=O) groups is 2. The van der Waals surface area contributed by atoms with Crippen molar-refractivity contribution in [3.05, 3.63) is 72.6 Å². The molecule has 5 rings (SSSR count). The van der Waals surface area contributed by atoms with E-state index in [9.17, 15) is 14.7 Å². The highest BCUT2D eigenvalue weighted by Crippen LogP contribution is 2.34. The van der Waals surface area contributed by atoms with E-state index in [-0.39, 0.29) is 29.3 Å². The summed E-state index contributed by atoms with van der Waals surface area (Å²) in [7, 11) is 0. The first kappa shape index (κ1) is 30.0. The fourth-order valence-corrected chi connectivity index (χ4v) is 5.53. The van der Waals surface area contributed by atoms with Crippen LogP contribution in [0, 0.1) is 11.3 Å². The topological polar surface area (TPSA) is 153 Å². The third-order valence-electron chi connectivity index (χ3n) is 8.21. The maximum atomic E-state index is 13.3. The number of aromatic nitrogens is 4. The molecule has 1 aliphatic heterocycles. The van der Waals surface area contributed by atoms with Gasteiger partial charge in [0.25, 0.3) is 0 Å². The number of aromatic amines is 2. The van der Waals surface area contributed by atoms with Gasteiger partial charge in [-0.2, -0.15) is 0 Å². The van der Waals surface area contributed by atoms with Gasteiger partial charge in [-0.1, -0.05) is 83.1 Å². The molecular weight excluding hydrogens is 542 g/mol. The smallest absolute Gasteiger partial charge is 0.405 e. The van der Waals surface area contributed by atoms with E-state index in [2.05, 4.69) is 94.6 Å². The number of imidazole rings is 2. The zero-order valence-electron chi connectivity index (χ0n) is 25.4. The van der Waals surface area contributed by atoms with E-state index >= 15 is 0 Å². The number of nitrogens with two attached hydrogens (primary N) is 1. The van der Waals surface area contributed by atoms with Crippen LogP contribution in [0.25, 0.3) is 33.6 Å². The lowest BCUT2D eigenvalue weighted by atomic mass is 9.87. The predicted molar refractivity (Wildman–Crippen MR) is 167 cm³/mol. The van der Waals surface area contributed by atoms with Crippen molar-refractivity contribution in [2.75, 3.05) is 6.54 Å². The number of nitrogens with zero attached hydrogens (tertiary/aromatic N) is 3. The molecule has 1 saturated heterocycles. The van der Waals surface area contributed by atoms with E-state index in [0.717, 1.165) is 52.3 Å². The lowest BCUT2D eigenvalue weighted by molar-refractivity contribution is -0.135. The summed E-state index contributed by atoms with van der Waals surface area (Å²) in [6, 6.07) is 15.4. The van der Waals surface area contributed by atoms with E-state index in [4.69, 9.17) is 5.73 Å². The number of rotatable bonds is 8. The van der Waals surface area contributed by atoms with Crippen molar-refractivity contribution in [3.8, 4) is 33.6 Å². The highest BCUT2D eigenvalue weighted by atomic mass is 16.4. The maximum absolute atomic E-state index is 13.3. The van der Waals surface area contributed by atoms with Crippen LogP contribution in [-0.4, -0.2) is 54.5 Å². The Morgan fingerprint density at radius 1 is 0.930 bits per heavy atom. The van der Waals surface area contributed by atoms with Crippen molar-refractivity contribution in [3.63, 3.8) is 0 Å². The Morgan fingerprint density at radius 3 is 2.00 bits per heavy atom. The van der Waals surface area contributed by atoms with Gasteiger partial charge >= 0.3 is 6.09 Å². The molecule has 2 aromatic heterocycles. The minimum absolute atomic E-state index is 0.0864. The molecule has 2 unspecified atom stereocenters. The van der Waals surface area contributed by atoms with Crippen molar-refractivity contribution in [2.24, 2.45) is 17.1 Å². The van der Waals surface area contributed by atoms with Crippen molar-refractivity contribution in [1.82, 2.24) is 30.2 Å². The van der Waals surface area contributed by atoms with E-state index in [1.807, 2.05) is 20.0 Å². The molecule has 226 valence electrons. The van der Waals surface area contributed by atoms with Crippen molar-refractivity contribution < 1.29 is 14.7 Å². The lowest BCUT2D eigenvalue weighted by Gasteiger charge is -2.29. The molecule has 0 radical (unpaired) electrons. The predicted octanol–water partition coefficient (Wildman–Crippen LogP) is 6.14. The van der Waals surface area contributed by atoms with Crippen LogP contribution in [0.2, 0.25) is 0 Å². The molecule has 6 N–H and O–H groups in total. The first-order valence-electron chi connectivity index (χ1n) is 14.8. The zero-order chi connectivity index (χ0) is 30.9. The van der Waals surface area contributed by atoms with Gasteiger partial charge in [-0.25, -0.2) is 14.8 Å². The van der Waals surface area contributed by atoms with E-state index in [1.165, 1.54) is 0 Å². The first-order chi connectivity index (χ1) is 20.4. The maximum Gasteiger partial charge on any atom is 0.405 e. The van der Waals surface area contributed by atoms with Crippen LogP contribution in [0.5, 0.6) is 0 Å². The average molecular weight is 584 g/mol. The van der Waals surface area contributed by atoms with Crippen LogP contribution in [-0.2, 0) is 4.79 Å². The van der Waals surface area contributed by atoms with Crippen molar-refractivity contribution in [1.29, 1.82) is 0 Å². The number of H-pyrrole nitrogens is 2. The number of likely N-dealkylation sites (tertiary alicyclic amines) is 1. The van der Waals surface area contributed by atoms with Gasteiger partial charge in [-0.05, 0) is 46.4 Å². The Morgan fingerprint density at radius 2 is 1.47 bits per heavy atom. The SMILES string of the molecule is CC(C)C(NC(=O)O)C(=O)N1CCCC1c1ncc(-c2ccc(-c3ccc(-c4cnc([C@@H](N)C(C)(C)C)[nH]4)cc3)cc2)[nH]1. The van der Waals surface area contributed by atoms with Crippen molar-refractivity contribution >= 4 is 12.0 Å². The van der Waals surface area contributed by atoms with Crippen LogP contribution in [0.3, 0.4) is 0 Å². The fraction of sp³-hybridized carbons (Fsp3) is 0.394.